The number of pyridine rings is 1. The van der Waals surface area contributed by atoms with E-state index in [0.717, 1.165) is 30.4 Å². The smallest absolute Gasteiger partial charge is 0.189 e. The first-order valence-electron chi connectivity index (χ1n) is 7.45. The van der Waals surface area contributed by atoms with Crippen molar-refractivity contribution >= 4 is 10.9 Å². The number of hydrogen-bond donors (Lipinski definition) is 1. The van der Waals surface area contributed by atoms with Crippen LogP contribution in [0.15, 0.2) is 41.3 Å². The molecule has 1 N–H and O–H groups in total. The molecule has 3 nitrogen and oxygen atoms in total. The van der Waals surface area contributed by atoms with Gasteiger partial charge < -0.3 is 9.88 Å². The molecule has 20 heavy (non-hydrogen) atoms. The van der Waals surface area contributed by atoms with E-state index in [-0.39, 0.29) is 5.43 Å². The Morgan fingerprint density at radius 2 is 1.95 bits per heavy atom. The summed E-state index contributed by atoms with van der Waals surface area (Å²) >= 11 is 0. The van der Waals surface area contributed by atoms with Crippen LogP contribution in [-0.2, 0) is 6.54 Å². The lowest BCUT2D eigenvalue weighted by Crippen LogP contribution is -2.38. The van der Waals surface area contributed by atoms with Gasteiger partial charge in [0, 0.05) is 30.2 Å². The van der Waals surface area contributed by atoms with E-state index in [4.69, 9.17) is 0 Å². The third-order valence-corrected chi connectivity index (χ3v) is 3.74. The fourth-order valence-corrected chi connectivity index (χ4v) is 2.47. The van der Waals surface area contributed by atoms with Crippen LogP contribution in [0.1, 0.15) is 27.2 Å². The van der Waals surface area contributed by atoms with E-state index in [0.29, 0.717) is 12.0 Å². The monoisotopic (exact) mass is 272 g/mol. The lowest BCUT2D eigenvalue weighted by Gasteiger charge is -2.24. The zero-order valence-corrected chi connectivity index (χ0v) is 12.6. The van der Waals surface area contributed by atoms with Gasteiger partial charge in [0.2, 0.25) is 0 Å². The normalized spacial score (nSPS) is 13.0. The Morgan fingerprint density at radius 3 is 2.65 bits per heavy atom. The molecule has 0 saturated carbocycles. The van der Waals surface area contributed by atoms with Crippen molar-refractivity contribution in [1.82, 2.24) is 9.88 Å². The molecule has 0 fully saturated rings. The van der Waals surface area contributed by atoms with Crippen LogP contribution in [0.3, 0.4) is 0 Å². The van der Waals surface area contributed by atoms with Crippen LogP contribution in [0.4, 0.5) is 0 Å². The number of nitrogens with one attached hydrogen (secondary N) is 1. The largest absolute Gasteiger partial charge is 0.346 e. The van der Waals surface area contributed by atoms with Gasteiger partial charge in [-0.15, -0.1) is 0 Å². The van der Waals surface area contributed by atoms with Crippen LogP contribution in [0.2, 0.25) is 0 Å². The summed E-state index contributed by atoms with van der Waals surface area (Å²) in [5.74, 6) is 0.555. The van der Waals surface area contributed by atoms with E-state index >= 15 is 0 Å². The second-order valence-corrected chi connectivity index (χ2v) is 5.65. The van der Waals surface area contributed by atoms with Crippen LogP contribution in [0, 0.1) is 5.92 Å². The van der Waals surface area contributed by atoms with E-state index in [2.05, 4.69) is 30.7 Å². The molecule has 0 spiro atoms. The molecule has 108 valence electrons. The Bertz CT molecular complexity index is 616. The van der Waals surface area contributed by atoms with Crippen molar-refractivity contribution in [2.24, 2.45) is 5.92 Å². The molecule has 2 aromatic rings. The lowest BCUT2D eigenvalue weighted by atomic mass is 10.0. The van der Waals surface area contributed by atoms with Crippen LogP contribution in [-0.4, -0.2) is 17.2 Å². The van der Waals surface area contributed by atoms with Gasteiger partial charge in [-0.1, -0.05) is 32.9 Å². The average Bonchev–Trinajstić information content (AvgIpc) is 2.45. The number of hydrogen-bond acceptors (Lipinski definition) is 2. The van der Waals surface area contributed by atoms with Gasteiger partial charge in [-0.2, -0.15) is 0 Å². The summed E-state index contributed by atoms with van der Waals surface area (Å²) in [6.45, 7) is 8.56. The van der Waals surface area contributed by atoms with Crippen molar-refractivity contribution in [2.75, 3.05) is 6.54 Å². The Balaban J connectivity index is 2.33. The van der Waals surface area contributed by atoms with Gasteiger partial charge in [0.15, 0.2) is 5.43 Å². The number of benzene rings is 1. The van der Waals surface area contributed by atoms with Gasteiger partial charge >= 0.3 is 0 Å². The molecule has 1 heterocycles. The van der Waals surface area contributed by atoms with E-state index in [1.165, 1.54) is 0 Å². The summed E-state index contributed by atoms with van der Waals surface area (Å²) in [5.41, 5.74) is 1.11. The third-order valence-electron chi connectivity index (χ3n) is 3.74. The van der Waals surface area contributed by atoms with Crippen molar-refractivity contribution in [3.8, 4) is 0 Å². The highest BCUT2D eigenvalue weighted by Crippen LogP contribution is 2.12. The first-order chi connectivity index (χ1) is 9.63. The van der Waals surface area contributed by atoms with Crippen molar-refractivity contribution in [3.63, 3.8) is 0 Å². The molecule has 1 atom stereocenters. The topological polar surface area (TPSA) is 34.0 Å². The highest BCUT2D eigenvalue weighted by atomic mass is 16.1. The van der Waals surface area contributed by atoms with Crippen molar-refractivity contribution in [2.45, 2.75) is 39.8 Å². The lowest BCUT2D eigenvalue weighted by molar-refractivity contribution is 0.359. The van der Waals surface area contributed by atoms with Crippen LogP contribution in [0.5, 0.6) is 0 Å². The first kappa shape index (κ1) is 14.8. The van der Waals surface area contributed by atoms with E-state index in [9.17, 15) is 4.79 Å². The Kier molecular flexibility index (Phi) is 4.96. The number of rotatable bonds is 6. The number of fused-ring (bicyclic) bond motifs is 1. The third kappa shape index (κ3) is 3.28. The maximum atomic E-state index is 11.9. The minimum absolute atomic E-state index is 0.0967. The summed E-state index contributed by atoms with van der Waals surface area (Å²) in [5, 5.41) is 4.40. The summed E-state index contributed by atoms with van der Waals surface area (Å²) in [6, 6.07) is 9.91. The number of para-hydroxylation sites is 1. The SMILES string of the molecule is CCCNC(Cn1ccc(=O)c2ccccc21)C(C)C. The Labute approximate surface area is 120 Å². The van der Waals surface area contributed by atoms with Gasteiger partial charge in [0.25, 0.3) is 0 Å². The van der Waals surface area contributed by atoms with Crippen LogP contribution in [0.25, 0.3) is 10.9 Å². The first-order valence-corrected chi connectivity index (χ1v) is 7.45. The second kappa shape index (κ2) is 6.71. The van der Waals surface area contributed by atoms with Gasteiger partial charge in [0.05, 0.1) is 5.52 Å². The predicted octanol–water partition coefficient (Wildman–Crippen LogP) is 3.03. The Hall–Kier alpha value is -1.61. The number of aromatic nitrogens is 1. The average molecular weight is 272 g/mol. The maximum absolute atomic E-state index is 11.9. The maximum Gasteiger partial charge on any atom is 0.189 e. The molecule has 1 aromatic carbocycles. The minimum Gasteiger partial charge on any atom is -0.346 e. The van der Waals surface area contributed by atoms with Gasteiger partial charge in [-0.3, -0.25) is 4.79 Å². The minimum atomic E-state index is 0.0967. The van der Waals surface area contributed by atoms with E-state index < -0.39 is 0 Å². The highest BCUT2D eigenvalue weighted by molar-refractivity contribution is 5.78. The summed E-state index contributed by atoms with van der Waals surface area (Å²) in [7, 11) is 0. The van der Waals surface area contributed by atoms with Crippen molar-refractivity contribution in [1.29, 1.82) is 0 Å². The van der Waals surface area contributed by atoms with Gasteiger partial charge in [-0.25, -0.2) is 0 Å². The molecular weight excluding hydrogens is 248 g/mol. The molecule has 3 heteroatoms. The summed E-state index contributed by atoms with van der Waals surface area (Å²) in [4.78, 5) is 11.9. The molecule has 1 aromatic heterocycles. The molecule has 2 rings (SSSR count). The quantitative estimate of drug-likeness (QED) is 0.877. The van der Waals surface area contributed by atoms with Crippen molar-refractivity contribution in [3.05, 3.63) is 46.8 Å². The molecule has 0 bridgehead atoms. The molecule has 0 amide bonds. The molecule has 0 saturated heterocycles. The zero-order valence-electron chi connectivity index (χ0n) is 12.6. The standard InChI is InChI=1S/C17H24N2O/c1-4-10-18-15(13(2)3)12-19-11-9-17(20)14-7-5-6-8-16(14)19/h5-9,11,13,15,18H,4,10,12H2,1-3H3. The van der Waals surface area contributed by atoms with Crippen LogP contribution >= 0.6 is 0 Å². The molecule has 0 aliphatic carbocycles. The Morgan fingerprint density at radius 1 is 1.20 bits per heavy atom. The fourth-order valence-electron chi connectivity index (χ4n) is 2.47. The van der Waals surface area contributed by atoms with Gasteiger partial charge in [0.1, 0.15) is 0 Å². The second-order valence-electron chi connectivity index (χ2n) is 5.65. The zero-order chi connectivity index (χ0) is 14.5. The van der Waals surface area contributed by atoms with E-state index in [1.54, 1.807) is 6.07 Å². The summed E-state index contributed by atoms with van der Waals surface area (Å²) < 4.78 is 2.18. The van der Waals surface area contributed by atoms with Gasteiger partial charge in [-0.05, 0) is 31.0 Å². The fraction of sp³-hybridized carbons (Fsp3) is 0.471. The predicted molar refractivity (Wildman–Crippen MR) is 85.1 cm³/mol. The molecular formula is C17H24N2O. The number of nitrogens with zero attached hydrogens (tertiary/aromatic N) is 1. The van der Waals surface area contributed by atoms with E-state index in [1.807, 2.05) is 30.5 Å². The molecule has 0 aliphatic rings. The summed E-state index contributed by atoms with van der Waals surface area (Å²) in [6.07, 6.45) is 3.04. The molecule has 1 unspecified atom stereocenters. The molecule has 0 aliphatic heterocycles. The highest BCUT2D eigenvalue weighted by Gasteiger charge is 2.13. The molecule has 0 radical (unpaired) electrons. The van der Waals surface area contributed by atoms with Crippen LogP contribution < -0.4 is 10.7 Å². The van der Waals surface area contributed by atoms with Crippen molar-refractivity contribution < 1.29 is 0 Å².